The molecule has 0 bridgehead atoms. The summed E-state index contributed by atoms with van der Waals surface area (Å²) in [5, 5.41) is 0. The Hall–Kier alpha value is 0.0900. The zero-order valence-electron chi connectivity index (χ0n) is 5.36. The molecule has 0 N–H and O–H groups in total. The van der Waals surface area contributed by atoms with Gasteiger partial charge in [-0.25, -0.2) is 0 Å². The van der Waals surface area contributed by atoms with Gasteiger partial charge in [-0.2, -0.15) is 11.8 Å². The summed E-state index contributed by atoms with van der Waals surface area (Å²) in [6, 6.07) is 0. The minimum Gasteiger partial charge on any atom is -0.162 e. The molecule has 1 aliphatic heterocycles. The molecular formula is C7H14S. The van der Waals surface area contributed by atoms with E-state index in [1.807, 2.05) is 0 Å². The molecule has 0 amide bonds. The average molecular weight is 130 g/mol. The Kier molecular flexibility index (Phi) is 7.17. The third-order valence-electron chi connectivity index (χ3n) is 1.08. The van der Waals surface area contributed by atoms with Crippen LogP contribution in [0.5, 0.6) is 0 Å². The highest BCUT2D eigenvalue weighted by Crippen LogP contribution is 2.14. The molecular weight excluding hydrogens is 116 g/mol. The van der Waals surface area contributed by atoms with Gasteiger partial charge in [0.15, 0.2) is 0 Å². The average Bonchev–Trinajstić information content (AvgIpc) is 1.96. The molecule has 0 unspecified atom stereocenters. The van der Waals surface area contributed by atoms with E-state index in [0.717, 1.165) is 0 Å². The molecule has 48 valence electrons. The zero-order valence-corrected chi connectivity index (χ0v) is 6.17. The Labute approximate surface area is 56.4 Å². The van der Waals surface area contributed by atoms with Crippen LogP contribution in [0.1, 0.15) is 19.3 Å². The summed E-state index contributed by atoms with van der Waals surface area (Å²) >= 11 is 2.09. The minimum atomic E-state index is 1.42. The molecule has 0 aromatic heterocycles. The van der Waals surface area contributed by atoms with Crippen molar-refractivity contribution >= 4 is 11.8 Å². The molecule has 0 radical (unpaired) electrons. The van der Waals surface area contributed by atoms with E-state index in [2.05, 4.69) is 24.9 Å². The summed E-state index contributed by atoms with van der Waals surface area (Å²) in [5.74, 6) is 2.83. The van der Waals surface area contributed by atoms with Crippen LogP contribution in [0.3, 0.4) is 0 Å². The van der Waals surface area contributed by atoms with Crippen molar-refractivity contribution < 1.29 is 0 Å². The number of thioether (sulfide) groups is 1. The van der Waals surface area contributed by atoms with Crippen molar-refractivity contribution in [3.05, 3.63) is 13.2 Å². The second kappa shape index (κ2) is 7.09. The molecule has 0 aromatic rings. The predicted octanol–water partition coefficient (Wildman–Crippen LogP) is 2.71. The van der Waals surface area contributed by atoms with Crippen molar-refractivity contribution in [2.45, 2.75) is 19.3 Å². The van der Waals surface area contributed by atoms with Crippen LogP contribution in [0.15, 0.2) is 13.2 Å². The fourth-order valence-corrected chi connectivity index (χ4v) is 1.71. The van der Waals surface area contributed by atoms with Crippen LogP contribution in [0.25, 0.3) is 0 Å². The van der Waals surface area contributed by atoms with Gasteiger partial charge < -0.3 is 0 Å². The van der Waals surface area contributed by atoms with Crippen LogP contribution in [-0.2, 0) is 0 Å². The van der Waals surface area contributed by atoms with Gasteiger partial charge in [0.25, 0.3) is 0 Å². The van der Waals surface area contributed by atoms with Crippen molar-refractivity contribution in [1.29, 1.82) is 0 Å². The lowest BCUT2D eigenvalue weighted by Gasteiger charge is -2.05. The highest BCUT2D eigenvalue weighted by atomic mass is 32.2. The van der Waals surface area contributed by atoms with Crippen LogP contribution in [0, 0.1) is 0 Å². The highest BCUT2D eigenvalue weighted by Gasteiger charge is 1.95. The molecule has 0 saturated carbocycles. The normalized spacial score (nSPS) is 18.5. The Balaban J connectivity index is 0.000000222. The van der Waals surface area contributed by atoms with E-state index in [4.69, 9.17) is 0 Å². The molecule has 0 aromatic carbocycles. The molecule has 0 nitrogen and oxygen atoms in total. The van der Waals surface area contributed by atoms with Crippen LogP contribution in [0.2, 0.25) is 0 Å². The quantitative estimate of drug-likeness (QED) is 0.454. The maximum absolute atomic E-state index is 3.00. The van der Waals surface area contributed by atoms with Crippen molar-refractivity contribution in [3.8, 4) is 0 Å². The lowest BCUT2D eigenvalue weighted by atomic mass is 10.3. The van der Waals surface area contributed by atoms with Crippen LogP contribution < -0.4 is 0 Å². The van der Waals surface area contributed by atoms with E-state index in [9.17, 15) is 0 Å². The lowest BCUT2D eigenvalue weighted by Crippen LogP contribution is -1.91. The standard InChI is InChI=1S/C5H10S.C2H4/c1-2-4-6-5-3-1;1-2/h1-5H2;1-2H2. The molecule has 1 fully saturated rings. The van der Waals surface area contributed by atoms with Gasteiger partial charge in [0.1, 0.15) is 0 Å². The van der Waals surface area contributed by atoms with Crippen LogP contribution in [-0.4, -0.2) is 11.5 Å². The summed E-state index contributed by atoms with van der Waals surface area (Å²) in [7, 11) is 0. The van der Waals surface area contributed by atoms with Gasteiger partial charge in [0.05, 0.1) is 0 Å². The van der Waals surface area contributed by atoms with Gasteiger partial charge in [-0.15, -0.1) is 13.2 Å². The molecule has 1 rings (SSSR count). The number of hydrogen-bond acceptors (Lipinski definition) is 1. The van der Waals surface area contributed by atoms with E-state index in [1.54, 1.807) is 0 Å². The summed E-state index contributed by atoms with van der Waals surface area (Å²) < 4.78 is 0. The summed E-state index contributed by atoms with van der Waals surface area (Å²) in [6.45, 7) is 6.00. The molecule has 0 spiro atoms. The second-order valence-electron chi connectivity index (χ2n) is 1.67. The van der Waals surface area contributed by atoms with Crippen molar-refractivity contribution in [3.63, 3.8) is 0 Å². The summed E-state index contributed by atoms with van der Waals surface area (Å²) in [4.78, 5) is 0. The molecule has 1 heterocycles. The topological polar surface area (TPSA) is 0 Å². The first-order chi connectivity index (χ1) is 4.00. The molecule has 0 atom stereocenters. The lowest BCUT2D eigenvalue weighted by molar-refractivity contribution is 0.764. The largest absolute Gasteiger partial charge is 0.162 e. The number of rotatable bonds is 0. The van der Waals surface area contributed by atoms with Gasteiger partial charge in [-0.05, 0) is 24.3 Å². The second-order valence-corrected chi connectivity index (χ2v) is 2.90. The molecule has 1 heteroatoms. The van der Waals surface area contributed by atoms with E-state index in [-0.39, 0.29) is 0 Å². The van der Waals surface area contributed by atoms with E-state index in [1.165, 1.54) is 30.8 Å². The third kappa shape index (κ3) is 4.25. The van der Waals surface area contributed by atoms with E-state index in [0.29, 0.717) is 0 Å². The Bertz CT molecular complexity index is 28.1. The third-order valence-corrected chi connectivity index (χ3v) is 2.23. The van der Waals surface area contributed by atoms with Gasteiger partial charge in [-0.1, -0.05) is 6.42 Å². The smallest absolute Gasteiger partial charge is 0.00675 e. The van der Waals surface area contributed by atoms with Gasteiger partial charge in [-0.3, -0.25) is 0 Å². The Morgan fingerprint density at radius 1 is 0.875 bits per heavy atom. The Morgan fingerprint density at radius 2 is 1.38 bits per heavy atom. The summed E-state index contributed by atoms with van der Waals surface area (Å²) in [6.07, 6.45) is 4.41. The zero-order chi connectivity index (χ0) is 6.24. The van der Waals surface area contributed by atoms with Crippen LogP contribution >= 0.6 is 11.8 Å². The molecule has 8 heavy (non-hydrogen) atoms. The van der Waals surface area contributed by atoms with E-state index >= 15 is 0 Å². The number of hydrogen-bond donors (Lipinski definition) is 0. The first-order valence-electron chi connectivity index (χ1n) is 3.08. The van der Waals surface area contributed by atoms with Crippen LogP contribution in [0.4, 0.5) is 0 Å². The van der Waals surface area contributed by atoms with Crippen molar-refractivity contribution in [2.75, 3.05) is 11.5 Å². The fourth-order valence-electron chi connectivity index (χ4n) is 0.687. The monoisotopic (exact) mass is 130 g/mol. The van der Waals surface area contributed by atoms with Gasteiger partial charge >= 0.3 is 0 Å². The minimum absolute atomic E-state index is 1.42. The first-order valence-corrected chi connectivity index (χ1v) is 4.23. The predicted molar refractivity (Wildman–Crippen MR) is 42.4 cm³/mol. The molecule has 1 saturated heterocycles. The maximum Gasteiger partial charge on any atom is -0.00675 e. The first kappa shape index (κ1) is 8.09. The van der Waals surface area contributed by atoms with Crippen molar-refractivity contribution in [1.82, 2.24) is 0 Å². The molecule has 0 aliphatic carbocycles. The van der Waals surface area contributed by atoms with Crippen molar-refractivity contribution in [2.24, 2.45) is 0 Å². The Morgan fingerprint density at radius 3 is 1.50 bits per heavy atom. The SMILES string of the molecule is C1CCSCC1.C=C. The summed E-state index contributed by atoms with van der Waals surface area (Å²) in [5.41, 5.74) is 0. The van der Waals surface area contributed by atoms with E-state index < -0.39 is 0 Å². The fraction of sp³-hybridized carbons (Fsp3) is 0.714. The maximum atomic E-state index is 3.00. The van der Waals surface area contributed by atoms with Gasteiger partial charge in [0.2, 0.25) is 0 Å². The van der Waals surface area contributed by atoms with Gasteiger partial charge in [0, 0.05) is 0 Å². The molecule has 1 aliphatic rings. The highest BCUT2D eigenvalue weighted by molar-refractivity contribution is 7.99.